The molecule has 140 valence electrons. The topological polar surface area (TPSA) is 59.6 Å². The Morgan fingerprint density at radius 2 is 1.92 bits per heavy atom. The highest BCUT2D eigenvalue weighted by Gasteiger charge is 2.21. The number of nitrogens with one attached hydrogen (secondary N) is 2. The molecule has 1 aliphatic heterocycles. The molecule has 25 heavy (non-hydrogen) atoms. The normalized spacial score (nSPS) is 20.6. The minimum atomic E-state index is -0.0504. The Bertz CT molecular complexity index is 556. The van der Waals surface area contributed by atoms with Gasteiger partial charge in [-0.3, -0.25) is 4.79 Å². The molecule has 3 rings (SSSR count). The van der Waals surface area contributed by atoms with E-state index >= 15 is 0 Å². The van der Waals surface area contributed by atoms with Crippen molar-refractivity contribution < 1.29 is 14.3 Å². The van der Waals surface area contributed by atoms with Crippen molar-refractivity contribution in [3.05, 3.63) is 23.8 Å². The zero-order chi connectivity index (χ0) is 16.8. The first-order valence-corrected chi connectivity index (χ1v) is 9.11. The van der Waals surface area contributed by atoms with E-state index in [1.807, 2.05) is 18.2 Å². The molecule has 1 saturated heterocycles. The van der Waals surface area contributed by atoms with Crippen molar-refractivity contribution in [1.82, 2.24) is 10.6 Å². The monoisotopic (exact) mass is 368 g/mol. The summed E-state index contributed by atoms with van der Waals surface area (Å²) >= 11 is 0. The lowest BCUT2D eigenvalue weighted by molar-refractivity contribution is -0.123. The lowest BCUT2D eigenvalue weighted by Crippen LogP contribution is -2.46. The van der Waals surface area contributed by atoms with E-state index in [2.05, 4.69) is 10.6 Å². The third kappa shape index (κ3) is 5.51. The van der Waals surface area contributed by atoms with E-state index in [-0.39, 0.29) is 24.4 Å². The maximum Gasteiger partial charge on any atom is 0.237 e. The van der Waals surface area contributed by atoms with Gasteiger partial charge in [0.05, 0.1) is 19.3 Å². The van der Waals surface area contributed by atoms with Crippen LogP contribution in [0.15, 0.2) is 18.2 Å². The second-order valence-electron chi connectivity index (χ2n) is 6.73. The van der Waals surface area contributed by atoms with Crippen LogP contribution in [-0.2, 0) is 11.3 Å². The van der Waals surface area contributed by atoms with Crippen LogP contribution < -0.4 is 20.1 Å². The highest BCUT2D eigenvalue weighted by molar-refractivity contribution is 5.85. The van der Waals surface area contributed by atoms with E-state index in [9.17, 15) is 4.79 Å². The molecule has 1 atom stereocenters. The number of ether oxygens (including phenoxy) is 2. The van der Waals surface area contributed by atoms with Crippen molar-refractivity contribution in [2.45, 2.75) is 63.6 Å². The molecule has 1 heterocycles. The standard InChI is InChI=1S/C19H28N2O3.ClH/c1-23-18-12-14(9-10-17(18)24-15-6-2-3-7-15)13-21-19(22)16-8-4-5-11-20-16;/h9-10,12,15-16,20H,2-8,11,13H2,1H3,(H,21,22);1H. The first-order chi connectivity index (χ1) is 11.8. The third-order valence-electron chi connectivity index (χ3n) is 4.92. The number of methoxy groups -OCH3 is 1. The zero-order valence-corrected chi connectivity index (χ0v) is 15.7. The van der Waals surface area contributed by atoms with Gasteiger partial charge in [0.1, 0.15) is 0 Å². The van der Waals surface area contributed by atoms with Crippen molar-refractivity contribution in [3.8, 4) is 11.5 Å². The SMILES string of the molecule is COc1cc(CNC(=O)C2CCCCN2)ccc1OC1CCCC1.Cl. The summed E-state index contributed by atoms with van der Waals surface area (Å²) in [5.41, 5.74) is 1.02. The first kappa shape index (κ1) is 19.9. The van der Waals surface area contributed by atoms with Gasteiger partial charge in [-0.05, 0) is 62.8 Å². The van der Waals surface area contributed by atoms with E-state index < -0.39 is 0 Å². The van der Waals surface area contributed by atoms with Crippen molar-refractivity contribution in [2.75, 3.05) is 13.7 Å². The molecule has 0 radical (unpaired) electrons. The fourth-order valence-corrected chi connectivity index (χ4v) is 3.49. The van der Waals surface area contributed by atoms with Gasteiger partial charge in [-0.25, -0.2) is 0 Å². The number of benzene rings is 1. The zero-order valence-electron chi connectivity index (χ0n) is 14.9. The summed E-state index contributed by atoms with van der Waals surface area (Å²) in [6.07, 6.45) is 8.23. The van der Waals surface area contributed by atoms with E-state index in [1.165, 1.54) is 12.8 Å². The number of carbonyl (C=O) groups is 1. The van der Waals surface area contributed by atoms with E-state index in [4.69, 9.17) is 9.47 Å². The molecule has 0 spiro atoms. The number of hydrogen-bond acceptors (Lipinski definition) is 4. The number of amides is 1. The van der Waals surface area contributed by atoms with Crippen LogP contribution in [0.5, 0.6) is 11.5 Å². The molecule has 0 aromatic heterocycles. The van der Waals surface area contributed by atoms with Crippen LogP contribution in [0.1, 0.15) is 50.5 Å². The number of carbonyl (C=O) groups excluding carboxylic acids is 1. The summed E-state index contributed by atoms with van der Waals surface area (Å²) in [6.45, 7) is 1.44. The highest BCUT2D eigenvalue weighted by atomic mass is 35.5. The van der Waals surface area contributed by atoms with Crippen LogP contribution >= 0.6 is 12.4 Å². The summed E-state index contributed by atoms with van der Waals surface area (Å²) in [5, 5.41) is 6.29. The van der Waals surface area contributed by atoms with Crippen molar-refractivity contribution in [1.29, 1.82) is 0 Å². The minimum Gasteiger partial charge on any atom is -0.493 e. The molecule has 6 heteroatoms. The molecular formula is C19H29ClN2O3. The van der Waals surface area contributed by atoms with E-state index in [1.54, 1.807) is 7.11 Å². The average Bonchev–Trinajstić information content (AvgIpc) is 3.14. The Morgan fingerprint density at radius 1 is 1.16 bits per heavy atom. The summed E-state index contributed by atoms with van der Waals surface area (Å²) in [7, 11) is 1.66. The first-order valence-electron chi connectivity index (χ1n) is 9.11. The van der Waals surface area contributed by atoms with Gasteiger partial charge < -0.3 is 20.1 Å². The Kier molecular flexibility index (Phi) is 7.85. The van der Waals surface area contributed by atoms with Crippen molar-refractivity contribution >= 4 is 18.3 Å². The maximum atomic E-state index is 12.2. The number of halogens is 1. The third-order valence-corrected chi connectivity index (χ3v) is 4.92. The average molecular weight is 369 g/mol. The maximum absolute atomic E-state index is 12.2. The number of hydrogen-bond donors (Lipinski definition) is 2. The van der Waals surface area contributed by atoms with Crippen LogP contribution in [0.25, 0.3) is 0 Å². The summed E-state index contributed by atoms with van der Waals surface area (Å²) in [4.78, 5) is 12.2. The Hall–Kier alpha value is -1.46. The van der Waals surface area contributed by atoms with Crippen LogP contribution in [0.2, 0.25) is 0 Å². The Labute approximate surface area is 156 Å². The lowest BCUT2D eigenvalue weighted by Gasteiger charge is -2.22. The van der Waals surface area contributed by atoms with Crippen LogP contribution in [-0.4, -0.2) is 31.7 Å². The minimum absolute atomic E-state index is 0. The van der Waals surface area contributed by atoms with Gasteiger partial charge in [-0.2, -0.15) is 0 Å². The molecule has 1 aromatic carbocycles. The van der Waals surface area contributed by atoms with Crippen molar-refractivity contribution in [2.24, 2.45) is 0 Å². The van der Waals surface area contributed by atoms with Gasteiger partial charge in [-0.1, -0.05) is 12.5 Å². The molecule has 0 bridgehead atoms. The van der Waals surface area contributed by atoms with Gasteiger partial charge in [-0.15, -0.1) is 12.4 Å². The molecule has 1 aliphatic carbocycles. The summed E-state index contributed by atoms with van der Waals surface area (Å²) < 4.78 is 11.5. The summed E-state index contributed by atoms with van der Waals surface area (Å²) in [5.74, 6) is 1.62. The molecule has 1 amide bonds. The largest absolute Gasteiger partial charge is 0.493 e. The van der Waals surface area contributed by atoms with Gasteiger partial charge in [0.15, 0.2) is 11.5 Å². The van der Waals surface area contributed by atoms with Gasteiger partial charge in [0.2, 0.25) is 5.91 Å². The molecule has 2 N–H and O–H groups in total. The Balaban J connectivity index is 0.00000225. The van der Waals surface area contributed by atoms with Crippen LogP contribution in [0.3, 0.4) is 0 Å². The smallest absolute Gasteiger partial charge is 0.237 e. The predicted molar refractivity (Wildman–Crippen MR) is 101 cm³/mol. The van der Waals surface area contributed by atoms with Crippen molar-refractivity contribution in [3.63, 3.8) is 0 Å². The van der Waals surface area contributed by atoms with Crippen LogP contribution in [0.4, 0.5) is 0 Å². The molecule has 2 aliphatic rings. The molecule has 1 unspecified atom stereocenters. The fraction of sp³-hybridized carbons (Fsp3) is 0.632. The lowest BCUT2D eigenvalue weighted by atomic mass is 10.0. The second kappa shape index (κ2) is 9.88. The quantitative estimate of drug-likeness (QED) is 0.809. The van der Waals surface area contributed by atoms with Gasteiger partial charge >= 0.3 is 0 Å². The Morgan fingerprint density at radius 3 is 2.60 bits per heavy atom. The fourth-order valence-electron chi connectivity index (χ4n) is 3.49. The number of rotatable bonds is 6. The molecule has 1 aromatic rings. The van der Waals surface area contributed by atoms with E-state index in [0.717, 1.165) is 55.7 Å². The molecule has 5 nitrogen and oxygen atoms in total. The van der Waals surface area contributed by atoms with Gasteiger partial charge in [0.25, 0.3) is 0 Å². The second-order valence-corrected chi connectivity index (χ2v) is 6.73. The highest BCUT2D eigenvalue weighted by Crippen LogP contribution is 2.32. The molecule has 1 saturated carbocycles. The molecule has 2 fully saturated rings. The van der Waals surface area contributed by atoms with Crippen LogP contribution in [0, 0.1) is 0 Å². The molecular weight excluding hydrogens is 340 g/mol. The van der Waals surface area contributed by atoms with Gasteiger partial charge in [0, 0.05) is 6.54 Å². The summed E-state index contributed by atoms with van der Waals surface area (Å²) in [6, 6.07) is 5.86. The predicted octanol–water partition coefficient (Wildman–Crippen LogP) is 3.20. The number of piperidine rings is 1. The van der Waals surface area contributed by atoms with E-state index in [0.29, 0.717) is 12.6 Å².